The molecular weight excluding hydrogens is 277 g/mol. The molecule has 0 saturated heterocycles. The summed E-state index contributed by atoms with van der Waals surface area (Å²) in [6, 6.07) is 5.93. The van der Waals surface area contributed by atoms with Gasteiger partial charge in [-0.1, -0.05) is 0 Å². The molecule has 0 aliphatic carbocycles. The molecule has 0 unspecified atom stereocenters. The maximum atomic E-state index is 12.7. The number of esters is 1. The van der Waals surface area contributed by atoms with Crippen LogP contribution in [0.25, 0.3) is 0 Å². The zero-order valence-corrected chi connectivity index (χ0v) is 10.5. The zero-order valence-electron chi connectivity index (χ0n) is 8.91. The molecule has 0 atom stereocenters. The van der Waals surface area contributed by atoms with E-state index in [4.69, 9.17) is 0 Å². The van der Waals surface area contributed by atoms with E-state index in [9.17, 15) is 9.18 Å². The highest BCUT2D eigenvalue weighted by Gasteiger charge is 2.07. The molecule has 0 heterocycles. The molecule has 16 heavy (non-hydrogen) atoms. The number of ether oxygens (including phenoxy) is 1. The molecule has 86 valence electrons. The first-order valence-corrected chi connectivity index (χ1v) is 5.28. The third-order valence-corrected chi connectivity index (χ3v) is 2.45. The van der Waals surface area contributed by atoms with Crippen molar-refractivity contribution in [3.63, 3.8) is 0 Å². The molecule has 0 aliphatic heterocycles. The van der Waals surface area contributed by atoms with Crippen LogP contribution in [-0.2, 0) is 9.53 Å². The normalized spacial score (nSPS) is 11.1. The smallest absolute Gasteiger partial charge is 0.346 e. The maximum Gasteiger partial charge on any atom is 0.346 e. The van der Waals surface area contributed by atoms with Gasteiger partial charge >= 0.3 is 5.97 Å². The van der Waals surface area contributed by atoms with Crippen LogP contribution in [0.3, 0.4) is 0 Å². The number of hydrogen-bond donors (Lipinski definition) is 0. The van der Waals surface area contributed by atoms with Crippen LogP contribution in [0.1, 0.15) is 0 Å². The van der Waals surface area contributed by atoms with Gasteiger partial charge < -0.3 is 9.64 Å². The third-order valence-electron chi connectivity index (χ3n) is 1.92. The molecule has 0 bridgehead atoms. The summed E-state index contributed by atoms with van der Waals surface area (Å²) in [5.74, 6) is -0.762. The number of carbonyl (C=O) groups is 1. The molecule has 1 rings (SSSR count). The van der Waals surface area contributed by atoms with Crippen LogP contribution in [0.4, 0.5) is 10.1 Å². The highest BCUT2D eigenvalue weighted by Crippen LogP contribution is 2.16. The number of benzene rings is 1. The number of methoxy groups -OCH3 is 1. The molecule has 0 saturated carbocycles. The molecule has 0 fully saturated rings. The minimum absolute atomic E-state index is 0.293. The monoisotopic (exact) mass is 287 g/mol. The largest absolute Gasteiger partial charge is 0.465 e. The minimum atomic E-state index is -0.464. The van der Waals surface area contributed by atoms with Gasteiger partial charge in [-0.25, -0.2) is 9.18 Å². The van der Waals surface area contributed by atoms with E-state index in [1.165, 1.54) is 19.2 Å². The van der Waals surface area contributed by atoms with Crippen molar-refractivity contribution in [2.75, 3.05) is 19.1 Å². The quantitative estimate of drug-likeness (QED) is 0.632. The second kappa shape index (κ2) is 5.65. The lowest BCUT2D eigenvalue weighted by molar-refractivity contribution is -0.135. The van der Waals surface area contributed by atoms with Gasteiger partial charge in [0.1, 0.15) is 10.3 Å². The molecule has 0 N–H and O–H groups in total. The van der Waals surface area contributed by atoms with E-state index in [0.717, 1.165) is 5.69 Å². The molecule has 1 aromatic carbocycles. The molecule has 0 amide bonds. The van der Waals surface area contributed by atoms with Crippen LogP contribution in [0.15, 0.2) is 34.9 Å². The first kappa shape index (κ1) is 12.7. The Bertz CT molecular complexity index is 403. The number of halogens is 2. The molecule has 3 nitrogen and oxygen atoms in total. The van der Waals surface area contributed by atoms with E-state index < -0.39 is 5.97 Å². The fraction of sp³-hybridized carbons (Fsp3) is 0.182. The molecule has 0 radical (unpaired) electrons. The second-order valence-corrected chi connectivity index (χ2v) is 3.91. The van der Waals surface area contributed by atoms with Crippen molar-refractivity contribution in [3.8, 4) is 0 Å². The van der Waals surface area contributed by atoms with Gasteiger partial charge in [0.25, 0.3) is 0 Å². The summed E-state index contributed by atoms with van der Waals surface area (Å²) in [7, 11) is 3.05. The van der Waals surface area contributed by atoms with Gasteiger partial charge in [0.15, 0.2) is 0 Å². The predicted octanol–water partition coefficient (Wildman–Crippen LogP) is 2.67. The summed E-state index contributed by atoms with van der Waals surface area (Å²) >= 11 is 3.09. The topological polar surface area (TPSA) is 29.5 Å². The van der Waals surface area contributed by atoms with Crippen LogP contribution < -0.4 is 4.90 Å². The first-order valence-electron chi connectivity index (χ1n) is 4.48. The van der Waals surface area contributed by atoms with Crippen molar-refractivity contribution in [3.05, 3.63) is 40.8 Å². The van der Waals surface area contributed by atoms with Crippen LogP contribution >= 0.6 is 15.9 Å². The van der Waals surface area contributed by atoms with Crippen LogP contribution in [0, 0.1) is 5.82 Å². The Morgan fingerprint density at radius 3 is 2.50 bits per heavy atom. The van der Waals surface area contributed by atoms with Gasteiger partial charge in [0.05, 0.1) is 7.11 Å². The highest BCUT2D eigenvalue weighted by molar-refractivity contribution is 9.12. The predicted molar refractivity (Wildman–Crippen MR) is 63.8 cm³/mol. The van der Waals surface area contributed by atoms with E-state index in [2.05, 4.69) is 20.7 Å². The summed E-state index contributed by atoms with van der Waals surface area (Å²) in [6.07, 6.45) is 1.55. The van der Waals surface area contributed by atoms with Gasteiger partial charge in [-0.05, 0) is 40.2 Å². The van der Waals surface area contributed by atoms with E-state index in [-0.39, 0.29) is 5.82 Å². The summed E-state index contributed by atoms with van der Waals surface area (Å²) in [5, 5.41) is 0. The number of rotatable bonds is 3. The summed E-state index contributed by atoms with van der Waals surface area (Å²) in [4.78, 5) is 12.8. The van der Waals surface area contributed by atoms with Crippen molar-refractivity contribution < 1.29 is 13.9 Å². The molecule has 1 aromatic rings. The molecule has 0 spiro atoms. The maximum absolute atomic E-state index is 12.7. The lowest BCUT2D eigenvalue weighted by Gasteiger charge is -2.14. The van der Waals surface area contributed by atoms with E-state index in [1.807, 2.05) is 0 Å². The van der Waals surface area contributed by atoms with Gasteiger partial charge in [0.2, 0.25) is 0 Å². The van der Waals surface area contributed by atoms with E-state index in [1.54, 1.807) is 30.3 Å². The minimum Gasteiger partial charge on any atom is -0.465 e. The van der Waals surface area contributed by atoms with Crippen molar-refractivity contribution in [2.24, 2.45) is 0 Å². The Hall–Kier alpha value is -1.36. The average Bonchev–Trinajstić information content (AvgIpc) is 2.28. The van der Waals surface area contributed by atoms with E-state index >= 15 is 0 Å². The first-order chi connectivity index (χ1) is 7.54. The van der Waals surface area contributed by atoms with Crippen molar-refractivity contribution >= 4 is 27.6 Å². The fourth-order valence-electron chi connectivity index (χ4n) is 1.07. The second-order valence-electron chi connectivity index (χ2n) is 3.06. The Morgan fingerprint density at radius 1 is 1.44 bits per heavy atom. The Balaban J connectivity index is 2.82. The van der Waals surface area contributed by atoms with Crippen LogP contribution in [0.2, 0.25) is 0 Å². The summed E-state index contributed by atoms with van der Waals surface area (Å²) in [6.45, 7) is 0. The van der Waals surface area contributed by atoms with Gasteiger partial charge in [0, 0.05) is 18.9 Å². The lowest BCUT2D eigenvalue weighted by atomic mass is 10.3. The molecule has 0 aliphatic rings. The van der Waals surface area contributed by atoms with Crippen molar-refractivity contribution in [1.82, 2.24) is 0 Å². The number of nitrogens with zero attached hydrogens (tertiary/aromatic N) is 1. The third kappa shape index (κ3) is 3.34. The standard InChI is InChI=1S/C11H11BrFNO2/c1-14(7-10(12)11(15)16-2)9-5-3-8(13)4-6-9/h3-7H,1-2H3/b10-7-. The van der Waals surface area contributed by atoms with E-state index in [0.29, 0.717) is 4.48 Å². The Morgan fingerprint density at radius 2 is 2.00 bits per heavy atom. The van der Waals surface area contributed by atoms with Gasteiger partial charge in [-0.2, -0.15) is 0 Å². The zero-order chi connectivity index (χ0) is 12.1. The number of carbonyl (C=O) groups excluding carboxylic acids is 1. The SMILES string of the molecule is COC(=O)/C(Br)=C/N(C)c1ccc(F)cc1. The summed E-state index contributed by atoms with van der Waals surface area (Å²) < 4.78 is 17.5. The number of anilines is 1. The molecule has 0 aromatic heterocycles. The van der Waals surface area contributed by atoms with Crippen LogP contribution in [0.5, 0.6) is 0 Å². The Labute approximate surface area is 102 Å². The summed E-state index contributed by atoms with van der Waals surface area (Å²) in [5.41, 5.74) is 0.766. The molecular formula is C11H11BrFNO2. The highest BCUT2D eigenvalue weighted by atomic mass is 79.9. The Kier molecular flexibility index (Phi) is 4.49. The fourth-order valence-corrected chi connectivity index (χ4v) is 1.54. The average molecular weight is 288 g/mol. The lowest BCUT2D eigenvalue weighted by Crippen LogP contribution is -2.11. The van der Waals surface area contributed by atoms with Crippen LogP contribution in [-0.4, -0.2) is 20.1 Å². The van der Waals surface area contributed by atoms with Crippen molar-refractivity contribution in [2.45, 2.75) is 0 Å². The van der Waals surface area contributed by atoms with Gasteiger partial charge in [-0.15, -0.1) is 0 Å². The number of hydrogen-bond acceptors (Lipinski definition) is 3. The van der Waals surface area contributed by atoms with Crippen molar-refractivity contribution in [1.29, 1.82) is 0 Å². The van der Waals surface area contributed by atoms with Gasteiger partial charge in [-0.3, -0.25) is 0 Å². The molecule has 5 heteroatoms.